The highest BCUT2D eigenvalue weighted by Crippen LogP contribution is 2.32. The summed E-state index contributed by atoms with van der Waals surface area (Å²) < 4.78 is 0. The fourth-order valence-corrected chi connectivity index (χ4v) is 3.19. The summed E-state index contributed by atoms with van der Waals surface area (Å²) in [4.78, 5) is 6.35. The maximum Gasteiger partial charge on any atom is 0.174 e. The van der Waals surface area contributed by atoms with Crippen LogP contribution in [0.2, 0.25) is 0 Å². The number of aromatic nitrogens is 1. The highest BCUT2D eigenvalue weighted by molar-refractivity contribution is 6.03. The Morgan fingerprint density at radius 3 is 2.62 bits per heavy atom. The van der Waals surface area contributed by atoms with Crippen molar-refractivity contribution in [2.75, 3.05) is 18.5 Å². The molecule has 6 heteroatoms. The molecule has 1 aromatic rings. The molecule has 4 N–H and O–H groups in total. The third-order valence-electron chi connectivity index (χ3n) is 4.15. The van der Waals surface area contributed by atoms with E-state index in [9.17, 15) is 5.11 Å². The summed E-state index contributed by atoms with van der Waals surface area (Å²) in [6.45, 7) is 4.27. The second-order valence-corrected chi connectivity index (χ2v) is 6.02. The van der Waals surface area contributed by atoms with Crippen LogP contribution >= 0.6 is 0 Å². The van der Waals surface area contributed by atoms with Crippen molar-refractivity contribution in [1.29, 1.82) is 0 Å². The molecule has 0 aliphatic heterocycles. The van der Waals surface area contributed by atoms with E-state index in [4.69, 9.17) is 10.9 Å². The molecule has 1 saturated carbocycles. The molecule has 1 aliphatic carbocycles. The third-order valence-corrected chi connectivity index (χ3v) is 4.15. The lowest BCUT2D eigenvalue weighted by Gasteiger charge is -2.31. The van der Waals surface area contributed by atoms with Crippen molar-refractivity contribution in [3.63, 3.8) is 0 Å². The van der Waals surface area contributed by atoms with E-state index in [0.717, 1.165) is 37.1 Å². The molecule has 0 spiro atoms. The molecule has 0 atom stereocenters. The van der Waals surface area contributed by atoms with Crippen LogP contribution in [-0.4, -0.2) is 40.3 Å². The zero-order valence-corrected chi connectivity index (χ0v) is 12.9. The minimum Gasteiger partial charge on any atom is -0.409 e. The van der Waals surface area contributed by atoms with Gasteiger partial charge in [0.15, 0.2) is 5.84 Å². The Bertz CT molecular complexity index is 551. The van der Waals surface area contributed by atoms with Gasteiger partial charge in [-0.2, -0.15) is 0 Å². The molecule has 0 saturated heterocycles. The van der Waals surface area contributed by atoms with Gasteiger partial charge in [0.1, 0.15) is 0 Å². The summed E-state index contributed by atoms with van der Waals surface area (Å²) in [5.74, 6) is 0.0419. The smallest absolute Gasteiger partial charge is 0.174 e. The van der Waals surface area contributed by atoms with Gasteiger partial charge in [-0.3, -0.25) is 4.98 Å². The SMILES string of the molecule is Cc1cc(N(C)CC2(O)CCCC2)c(/C(N)=N/O)c(C)n1. The van der Waals surface area contributed by atoms with Crippen LogP contribution in [0.25, 0.3) is 0 Å². The largest absolute Gasteiger partial charge is 0.409 e. The van der Waals surface area contributed by atoms with Gasteiger partial charge in [0.25, 0.3) is 0 Å². The van der Waals surface area contributed by atoms with E-state index in [-0.39, 0.29) is 5.84 Å². The number of hydrogen-bond acceptors (Lipinski definition) is 5. The fourth-order valence-electron chi connectivity index (χ4n) is 3.19. The Hall–Kier alpha value is -1.82. The fraction of sp³-hybridized carbons (Fsp3) is 0.600. The van der Waals surface area contributed by atoms with Crippen LogP contribution in [0.5, 0.6) is 0 Å². The average molecular weight is 292 g/mol. The van der Waals surface area contributed by atoms with E-state index in [2.05, 4.69) is 10.1 Å². The van der Waals surface area contributed by atoms with Gasteiger partial charge >= 0.3 is 0 Å². The van der Waals surface area contributed by atoms with E-state index in [0.29, 0.717) is 17.8 Å². The highest BCUT2D eigenvalue weighted by atomic mass is 16.4. The number of anilines is 1. The van der Waals surface area contributed by atoms with Crippen LogP contribution in [0.3, 0.4) is 0 Å². The Kier molecular flexibility index (Phi) is 4.37. The first-order valence-corrected chi connectivity index (χ1v) is 7.26. The first kappa shape index (κ1) is 15.6. The van der Waals surface area contributed by atoms with Crippen molar-refractivity contribution in [2.24, 2.45) is 10.9 Å². The van der Waals surface area contributed by atoms with Gasteiger partial charge in [-0.1, -0.05) is 18.0 Å². The molecule has 0 radical (unpaired) electrons. The molecule has 0 unspecified atom stereocenters. The number of nitrogens with zero attached hydrogens (tertiary/aromatic N) is 3. The van der Waals surface area contributed by atoms with Crippen molar-refractivity contribution >= 4 is 11.5 Å². The lowest BCUT2D eigenvalue weighted by atomic mass is 10.0. The van der Waals surface area contributed by atoms with Crippen LogP contribution < -0.4 is 10.6 Å². The van der Waals surface area contributed by atoms with Crippen LogP contribution in [0.4, 0.5) is 5.69 Å². The second-order valence-electron chi connectivity index (χ2n) is 6.02. The van der Waals surface area contributed by atoms with Gasteiger partial charge in [0.05, 0.1) is 22.5 Å². The number of oxime groups is 1. The molecular formula is C15H24N4O2. The zero-order valence-electron chi connectivity index (χ0n) is 12.9. The van der Waals surface area contributed by atoms with Crippen molar-refractivity contribution in [1.82, 2.24) is 4.98 Å². The molecule has 1 heterocycles. The summed E-state index contributed by atoms with van der Waals surface area (Å²) >= 11 is 0. The predicted octanol–water partition coefficient (Wildman–Crippen LogP) is 1.53. The van der Waals surface area contributed by atoms with Crippen molar-refractivity contribution in [3.8, 4) is 0 Å². The first-order chi connectivity index (χ1) is 9.86. The van der Waals surface area contributed by atoms with Crippen molar-refractivity contribution in [2.45, 2.75) is 45.1 Å². The maximum absolute atomic E-state index is 10.6. The van der Waals surface area contributed by atoms with Crippen molar-refractivity contribution in [3.05, 3.63) is 23.0 Å². The van der Waals surface area contributed by atoms with Gasteiger partial charge in [0, 0.05) is 19.3 Å². The molecule has 116 valence electrons. The van der Waals surface area contributed by atoms with Crippen LogP contribution in [0, 0.1) is 13.8 Å². The summed E-state index contributed by atoms with van der Waals surface area (Å²) in [5, 5.41) is 22.7. The summed E-state index contributed by atoms with van der Waals surface area (Å²) in [6.07, 6.45) is 3.76. The Morgan fingerprint density at radius 2 is 2.05 bits per heavy atom. The normalized spacial score (nSPS) is 18.0. The Morgan fingerprint density at radius 1 is 1.43 bits per heavy atom. The van der Waals surface area contributed by atoms with Gasteiger partial charge in [-0.05, 0) is 32.8 Å². The topological polar surface area (TPSA) is 95.0 Å². The minimum atomic E-state index is -0.651. The summed E-state index contributed by atoms with van der Waals surface area (Å²) in [6, 6.07) is 1.90. The van der Waals surface area contributed by atoms with Gasteiger partial charge in [-0.25, -0.2) is 0 Å². The highest BCUT2D eigenvalue weighted by Gasteiger charge is 2.33. The number of amidine groups is 1. The molecule has 1 fully saturated rings. The van der Waals surface area contributed by atoms with Crippen LogP contribution in [0.15, 0.2) is 11.2 Å². The number of rotatable bonds is 4. The molecule has 0 aromatic carbocycles. The van der Waals surface area contributed by atoms with Crippen LogP contribution in [0.1, 0.15) is 42.6 Å². The van der Waals surface area contributed by atoms with E-state index in [1.807, 2.05) is 31.9 Å². The molecular weight excluding hydrogens is 268 g/mol. The molecule has 0 bridgehead atoms. The summed E-state index contributed by atoms with van der Waals surface area (Å²) in [5.41, 5.74) is 8.17. The number of pyridine rings is 1. The third kappa shape index (κ3) is 3.26. The Balaban J connectivity index is 2.37. The monoisotopic (exact) mass is 292 g/mol. The quantitative estimate of drug-likeness (QED) is 0.338. The molecule has 21 heavy (non-hydrogen) atoms. The zero-order chi connectivity index (χ0) is 15.6. The minimum absolute atomic E-state index is 0.0419. The van der Waals surface area contributed by atoms with Crippen LogP contribution in [-0.2, 0) is 0 Å². The number of nitrogens with two attached hydrogens (primary N) is 1. The standard InChI is InChI=1S/C15H24N4O2/c1-10-8-12(13(11(2)17-10)14(16)18-21)19(3)9-15(20)6-4-5-7-15/h8,20-21H,4-7,9H2,1-3H3,(H2,16,18). The molecule has 2 rings (SSSR count). The first-order valence-electron chi connectivity index (χ1n) is 7.26. The number of aliphatic hydroxyl groups is 1. The molecule has 0 amide bonds. The van der Waals surface area contributed by atoms with Gasteiger partial charge in [-0.15, -0.1) is 0 Å². The maximum atomic E-state index is 10.6. The number of hydrogen-bond donors (Lipinski definition) is 3. The molecule has 1 aliphatic rings. The lowest BCUT2D eigenvalue weighted by Crippen LogP contribution is -2.40. The predicted molar refractivity (Wildman–Crippen MR) is 82.9 cm³/mol. The summed E-state index contributed by atoms with van der Waals surface area (Å²) in [7, 11) is 1.92. The second kappa shape index (κ2) is 5.89. The van der Waals surface area contributed by atoms with E-state index in [1.54, 1.807) is 0 Å². The van der Waals surface area contributed by atoms with E-state index >= 15 is 0 Å². The molecule has 6 nitrogen and oxygen atoms in total. The number of likely N-dealkylation sites (N-methyl/N-ethyl adjacent to an activating group) is 1. The number of aryl methyl sites for hydroxylation is 2. The van der Waals surface area contributed by atoms with E-state index < -0.39 is 5.60 Å². The Labute approximate surface area is 125 Å². The van der Waals surface area contributed by atoms with Gasteiger partial charge < -0.3 is 20.9 Å². The molecule has 1 aromatic heterocycles. The lowest BCUT2D eigenvalue weighted by molar-refractivity contribution is 0.0559. The van der Waals surface area contributed by atoms with E-state index in [1.165, 1.54) is 0 Å². The van der Waals surface area contributed by atoms with Gasteiger partial charge in [0.2, 0.25) is 0 Å². The van der Waals surface area contributed by atoms with Crippen molar-refractivity contribution < 1.29 is 10.3 Å². The average Bonchev–Trinajstić information content (AvgIpc) is 2.83.